The molecule has 5 aliphatic carbocycles. The molecular weight excluding hydrogens is 406 g/mol. The first-order valence-corrected chi connectivity index (χ1v) is 14.0. The van der Waals surface area contributed by atoms with Gasteiger partial charge < -0.3 is 10.8 Å². The van der Waals surface area contributed by atoms with Gasteiger partial charge in [0.2, 0.25) is 0 Å². The van der Waals surface area contributed by atoms with Crippen LogP contribution in [0.5, 0.6) is 0 Å². The van der Waals surface area contributed by atoms with Gasteiger partial charge in [-0.15, -0.1) is 0 Å². The highest BCUT2D eigenvalue weighted by Gasteiger charge is 2.71. The smallest absolute Gasteiger partial charge is 0.309 e. The molecule has 5 aliphatic rings. The lowest BCUT2D eigenvalue weighted by molar-refractivity contribution is -0.239. The van der Waals surface area contributed by atoms with Gasteiger partial charge in [0, 0.05) is 6.04 Å². The normalized spacial score (nSPS) is 55.4. The molecule has 3 nitrogen and oxygen atoms in total. The minimum absolute atomic E-state index is 0.208. The Balaban J connectivity index is 1.56. The molecule has 0 heterocycles. The van der Waals surface area contributed by atoms with E-state index in [2.05, 4.69) is 53.7 Å². The molecule has 3 N–H and O–H groups in total. The molecule has 0 spiro atoms. The van der Waals surface area contributed by atoms with Gasteiger partial charge in [0.1, 0.15) is 0 Å². The first-order chi connectivity index (χ1) is 15.4. The number of nitrogens with two attached hydrogens (primary N) is 1. The third kappa shape index (κ3) is 2.81. The van der Waals surface area contributed by atoms with E-state index in [1.165, 1.54) is 32.1 Å². The van der Waals surface area contributed by atoms with Gasteiger partial charge in [-0.05, 0) is 122 Å². The fourth-order valence-electron chi connectivity index (χ4n) is 11.5. The van der Waals surface area contributed by atoms with Gasteiger partial charge in [-0.2, -0.15) is 0 Å². The van der Waals surface area contributed by atoms with E-state index in [9.17, 15) is 9.90 Å². The summed E-state index contributed by atoms with van der Waals surface area (Å²) in [7, 11) is 0. The molecule has 3 unspecified atom stereocenters. The van der Waals surface area contributed by atoms with Crippen LogP contribution in [0, 0.1) is 56.7 Å². The molecule has 186 valence electrons. The standard InChI is InChI=1S/C30H49NO2/c1-7-8-19-11-16-30(25(32)33)18-17-28(5)20(24(19)30)9-10-22-27(4)14-13-23(31)26(2,3)21(27)12-15-29(22,28)6/h7-8,19-24H,9-18,31H2,1-6H3,(H,32,33)/b8-7+/t19-,20-,21+,22?,23+,24?,27+,28-,29-,30?/m1/s1. The Labute approximate surface area is 202 Å². The maximum absolute atomic E-state index is 12.8. The summed E-state index contributed by atoms with van der Waals surface area (Å²) in [6.45, 7) is 14.9. The lowest BCUT2D eigenvalue weighted by atomic mass is 9.32. The summed E-state index contributed by atoms with van der Waals surface area (Å²) in [6, 6.07) is 0.317. The van der Waals surface area contributed by atoms with Crippen LogP contribution in [-0.2, 0) is 4.79 Å². The summed E-state index contributed by atoms with van der Waals surface area (Å²) in [5, 5.41) is 10.5. The quantitative estimate of drug-likeness (QED) is 0.438. The average molecular weight is 456 g/mol. The Kier molecular flexibility index (Phi) is 5.31. The van der Waals surface area contributed by atoms with Crippen molar-refractivity contribution in [2.24, 2.45) is 62.4 Å². The predicted molar refractivity (Wildman–Crippen MR) is 135 cm³/mol. The minimum Gasteiger partial charge on any atom is -0.481 e. The molecule has 5 saturated carbocycles. The van der Waals surface area contributed by atoms with Crippen LogP contribution in [0.15, 0.2) is 12.2 Å². The predicted octanol–water partition coefficient (Wildman–Crippen LogP) is 7.06. The summed E-state index contributed by atoms with van der Waals surface area (Å²) < 4.78 is 0. The monoisotopic (exact) mass is 455 g/mol. The molecule has 0 radical (unpaired) electrons. The second-order valence-electron chi connectivity index (χ2n) is 14.4. The minimum atomic E-state index is -0.507. The fraction of sp³-hybridized carbons (Fsp3) is 0.900. The van der Waals surface area contributed by atoms with Crippen LogP contribution in [0.1, 0.15) is 106 Å². The zero-order chi connectivity index (χ0) is 24.0. The Morgan fingerprint density at radius 3 is 2.24 bits per heavy atom. The van der Waals surface area contributed by atoms with Crippen LogP contribution >= 0.6 is 0 Å². The van der Waals surface area contributed by atoms with Gasteiger partial charge in [0.15, 0.2) is 0 Å². The third-order valence-corrected chi connectivity index (χ3v) is 13.5. The molecule has 0 aromatic rings. The van der Waals surface area contributed by atoms with Crippen molar-refractivity contribution in [3.05, 3.63) is 12.2 Å². The summed E-state index contributed by atoms with van der Waals surface area (Å²) in [5.74, 6) is 2.21. The van der Waals surface area contributed by atoms with Crippen LogP contribution in [0.25, 0.3) is 0 Å². The summed E-state index contributed by atoms with van der Waals surface area (Å²) in [4.78, 5) is 12.8. The molecule has 5 rings (SSSR count). The molecule has 10 atom stereocenters. The largest absolute Gasteiger partial charge is 0.481 e. The third-order valence-electron chi connectivity index (χ3n) is 13.5. The number of fused-ring (bicyclic) bond motifs is 7. The topological polar surface area (TPSA) is 63.3 Å². The number of aliphatic carboxylic acids is 1. The Bertz CT molecular complexity index is 848. The molecule has 0 aromatic carbocycles. The highest BCUT2D eigenvalue weighted by Crippen LogP contribution is 2.77. The molecule has 33 heavy (non-hydrogen) atoms. The van der Waals surface area contributed by atoms with Crippen molar-refractivity contribution in [1.29, 1.82) is 0 Å². The van der Waals surface area contributed by atoms with Crippen molar-refractivity contribution < 1.29 is 9.90 Å². The van der Waals surface area contributed by atoms with Gasteiger partial charge >= 0.3 is 5.97 Å². The van der Waals surface area contributed by atoms with Crippen molar-refractivity contribution in [3.63, 3.8) is 0 Å². The van der Waals surface area contributed by atoms with E-state index in [-0.39, 0.29) is 10.8 Å². The van der Waals surface area contributed by atoms with Crippen LogP contribution in [-0.4, -0.2) is 17.1 Å². The summed E-state index contributed by atoms with van der Waals surface area (Å²) >= 11 is 0. The van der Waals surface area contributed by atoms with Gasteiger partial charge in [-0.1, -0.05) is 46.8 Å². The number of carboxylic acid groups (broad SMARTS) is 1. The zero-order valence-corrected chi connectivity index (χ0v) is 22.1. The second-order valence-corrected chi connectivity index (χ2v) is 14.4. The van der Waals surface area contributed by atoms with Crippen LogP contribution in [0.4, 0.5) is 0 Å². The van der Waals surface area contributed by atoms with Gasteiger partial charge in [0.25, 0.3) is 0 Å². The van der Waals surface area contributed by atoms with E-state index < -0.39 is 11.4 Å². The lowest BCUT2D eigenvalue weighted by Gasteiger charge is -2.72. The Hall–Kier alpha value is -0.830. The average Bonchev–Trinajstić information content (AvgIpc) is 3.12. The molecule has 0 bridgehead atoms. The molecule has 0 aromatic heterocycles. The fourth-order valence-corrected chi connectivity index (χ4v) is 11.5. The number of carboxylic acids is 1. The van der Waals surface area contributed by atoms with E-state index in [1.54, 1.807) is 0 Å². The van der Waals surface area contributed by atoms with Gasteiger partial charge in [-0.25, -0.2) is 0 Å². The maximum atomic E-state index is 12.8. The van der Waals surface area contributed by atoms with E-state index >= 15 is 0 Å². The van der Waals surface area contributed by atoms with E-state index in [4.69, 9.17) is 5.73 Å². The number of hydrogen-bond donors (Lipinski definition) is 2. The molecular formula is C30H49NO2. The second kappa shape index (κ2) is 7.34. The first-order valence-electron chi connectivity index (χ1n) is 14.0. The van der Waals surface area contributed by atoms with Gasteiger partial charge in [-0.3, -0.25) is 4.79 Å². The number of carbonyl (C=O) groups is 1. The Morgan fingerprint density at radius 1 is 0.848 bits per heavy atom. The Morgan fingerprint density at radius 2 is 1.58 bits per heavy atom. The van der Waals surface area contributed by atoms with Crippen molar-refractivity contribution in [2.75, 3.05) is 0 Å². The highest BCUT2D eigenvalue weighted by molar-refractivity contribution is 5.76. The zero-order valence-electron chi connectivity index (χ0n) is 22.1. The first kappa shape index (κ1) is 23.9. The molecule has 3 heteroatoms. The van der Waals surface area contributed by atoms with Crippen LogP contribution < -0.4 is 5.73 Å². The molecule has 0 aliphatic heterocycles. The molecule has 0 saturated heterocycles. The molecule has 0 amide bonds. The van der Waals surface area contributed by atoms with Crippen molar-refractivity contribution in [1.82, 2.24) is 0 Å². The summed E-state index contributed by atoms with van der Waals surface area (Å²) in [5.41, 5.74) is 7.31. The number of allylic oxidation sites excluding steroid dienone is 2. The maximum Gasteiger partial charge on any atom is 0.309 e. The van der Waals surface area contributed by atoms with Gasteiger partial charge in [0.05, 0.1) is 5.41 Å². The summed E-state index contributed by atoms with van der Waals surface area (Å²) in [6.07, 6.45) is 16.0. The van der Waals surface area contributed by atoms with Crippen molar-refractivity contribution >= 4 is 5.97 Å². The SMILES string of the molecule is C/C=C/[C@@H]1CCC2(C(=O)O)CC[C@]3(C)[C@H](CCC4[C@@]5(C)CC[C@H](N)C(C)(C)[C@@H]5CC[C@]43C)C12. The lowest BCUT2D eigenvalue weighted by Crippen LogP contribution is -2.67. The van der Waals surface area contributed by atoms with Crippen molar-refractivity contribution in [3.8, 4) is 0 Å². The van der Waals surface area contributed by atoms with Crippen LogP contribution in [0.2, 0.25) is 0 Å². The van der Waals surface area contributed by atoms with Crippen LogP contribution in [0.3, 0.4) is 0 Å². The molecule has 5 fully saturated rings. The van der Waals surface area contributed by atoms with E-state index in [0.717, 1.165) is 38.0 Å². The number of rotatable bonds is 2. The van der Waals surface area contributed by atoms with E-state index in [0.29, 0.717) is 40.5 Å². The van der Waals surface area contributed by atoms with E-state index in [1.807, 2.05) is 0 Å². The van der Waals surface area contributed by atoms with Crippen molar-refractivity contribution in [2.45, 2.75) is 112 Å². The highest BCUT2D eigenvalue weighted by atomic mass is 16.4. The number of hydrogen-bond acceptors (Lipinski definition) is 2.